The fourth-order valence-electron chi connectivity index (χ4n) is 3.35. The van der Waals surface area contributed by atoms with Crippen LogP contribution in [0.25, 0.3) is 0 Å². The lowest BCUT2D eigenvalue weighted by Gasteiger charge is -2.20. The lowest BCUT2D eigenvalue weighted by Crippen LogP contribution is -2.32. The number of carbonyl (C=O) groups is 1. The van der Waals surface area contributed by atoms with Gasteiger partial charge < -0.3 is 14.8 Å². The fraction of sp³-hybridized carbons (Fsp3) is 0.409. The van der Waals surface area contributed by atoms with Gasteiger partial charge in [0.05, 0.1) is 12.0 Å². The van der Waals surface area contributed by atoms with Gasteiger partial charge in [-0.05, 0) is 56.2 Å². The third-order valence-electron chi connectivity index (χ3n) is 5.07. The summed E-state index contributed by atoms with van der Waals surface area (Å²) in [7, 11) is -1.98. The Morgan fingerprint density at radius 3 is 2.17 bits per heavy atom. The maximum Gasteiger partial charge on any atom is 0.265 e. The van der Waals surface area contributed by atoms with E-state index in [9.17, 15) is 13.2 Å². The first-order valence-electron chi connectivity index (χ1n) is 10.1. The number of anilines is 1. The molecule has 162 valence electrons. The smallest absolute Gasteiger partial charge is 0.265 e. The number of carbonyl (C=O) groups excluding carboxylic acids is 1. The van der Waals surface area contributed by atoms with Crippen molar-refractivity contribution in [2.24, 2.45) is 0 Å². The molecule has 1 heterocycles. The van der Waals surface area contributed by atoms with E-state index >= 15 is 0 Å². The van der Waals surface area contributed by atoms with Crippen LogP contribution in [-0.2, 0) is 14.8 Å². The quantitative estimate of drug-likeness (QED) is 0.722. The lowest BCUT2D eigenvalue weighted by atomic mass is 10.2. The van der Waals surface area contributed by atoms with Crippen LogP contribution >= 0.6 is 0 Å². The van der Waals surface area contributed by atoms with Crippen molar-refractivity contribution < 1.29 is 22.7 Å². The molecule has 2 aromatic carbocycles. The lowest BCUT2D eigenvalue weighted by molar-refractivity contribution is -0.122. The van der Waals surface area contributed by atoms with Crippen molar-refractivity contribution >= 4 is 21.6 Å². The number of para-hydroxylation sites is 2. The van der Waals surface area contributed by atoms with Gasteiger partial charge >= 0.3 is 0 Å². The van der Waals surface area contributed by atoms with Crippen LogP contribution in [0.15, 0.2) is 53.4 Å². The van der Waals surface area contributed by atoms with E-state index in [0.29, 0.717) is 30.3 Å². The highest BCUT2D eigenvalue weighted by molar-refractivity contribution is 7.89. The van der Waals surface area contributed by atoms with Gasteiger partial charge in [-0.2, -0.15) is 4.31 Å². The molecule has 0 radical (unpaired) electrons. The SMILES string of the molecule is COc1ccccc1OC(C)C(=O)Nc1ccc(S(=O)(=O)N2CCCCCC2)cc1. The van der Waals surface area contributed by atoms with E-state index in [1.807, 2.05) is 6.07 Å². The minimum Gasteiger partial charge on any atom is -0.493 e. The highest BCUT2D eigenvalue weighted by Crippen LogP contribution is 2.27. The van der Waals surface area contributed by atoms with Crippen molar-refractivity contribution in [1.29, 1.82) is 0 Å². The van der Waals surface area contributed by atoms with Crippen LogP contribution in [-0.4, -0.2) is 44.9 Å². The zero-order valence-electron chi connectivity index (χ0n) is 17.3. The minimum absolute atomic E-state index is 0.237. The normalized spacial score (nSPS) is 16.3. The molecule has 2 aromatic rings. The topological polar surface area (TPSA) is 84.9 Å². The number of hydrogen-bond donors (Lipinski definition) is 1. The molecule has 1 aliphatic rings. The number of benzene rings is 2. The second-order valence-electron chi connectivity index (χ2n) is 7.24. The third-order valence-corrected chi connectivity index (χ3v) is 6.98. The summed E-state index contributed by atoms with van der Waals surface area (Å²) in [6.45, 7) is 2.75. The Morgan fingerprint density at radius 1 is 0.967 bits per heavy atom. The molecule has 0 spiro atoms. The van der Waals surface area contributed by atoms with Crippen LogP contribution in [0.2, 0.25) is 0 Å². The number of nitrogens with zero attached hydrogens (tertiary/aromatic N) is 1. The second kappa shape index (κ2) is 9.95. The standard InChI is InChI=1S/C22H28N2O5S/c1-17(29-21-10-6-5-9-20(21)28-2)22(25)23-18-11-13-19(14-12-18)30(26,27)24-15-7-3-4-8-16-24/h5-6,9-14,17H,3-4,7-8,15-16H2,1-2H3,(H,23,25). The molecule has 7 nitrogen and oxygen atoms in total. The van der Waals surface area contributed by atoms with Gasteiger partial charge in [-0.25, -0.2) is 8.42 Å². The molecule has 1 atom stereocenters. The fourth-order valence-corrected chi connectivity index (χ4v) is 4.86. The largest absolute Gasteiger partial charge is 0.493 e. The van der Waals surface area contributed by atoms with Crippen molar-refractivity contribution in [3.63, 3.8) is 0 Å². The van der Waals surface area contributed by atoms with Crippen LogP contribution < -0.4 is 14.8 Å². The molecule has 1 amide bonds. The van der Waals surface area contributed by atoms with E-state index in [4.69, 9.17) is 9.47 Å². The first-order valence-corrected chi connectivity index (χ1v) is 11.6. The molecule has 1 saturated heterocycles. The molecule has 0 aromatic heterocycles. The Hall–Kier alpha value is -2.58. The molecule has 30 heavy (non-hydrogen) atoms. The molecular weight excluding hydrogens is 404 g/mol. The summed E-state index contributed by atoms with van der Waals surface area (Å²) in [6.07, 6.45) is 3.13. The van der Waals surface area contributed by atoms with E-state index < -0.39 is 16.1 Å². The van der Waals surface area contributed by atoms with E-state index in [2.05, 4.69) is 5.32 Å². The molecule has 1 fully saturated rings. The molecule has 1 unspecified atom stereocenters. The summed E-state index contributed by atoms with van der Waals surface area (Å²) < 4.78 is 38.2. The second-order valence-corrected chi connectivity index (χ2v) is 9.18. The van der Waals surface area contributed by atoms with Crippen LogP contribution in [0.5, 0.6) is 11.5 Å². The highest BCUT2D eigenvalue weighted by atomic mass is 32.2. The summed E-state index contributed by atoms with van der Waals surface area (Å²) in [5.74, 6) is 0.672. The average Bonchev–Trinajstić information content (AvgIpc) is 3.04. The van der Waals surface area contributed by atoms with Crippen molar-refractivity contribution in [3.8, 4) is 11.5 Å². The first kappa shape index (κ1) is 22.1. The zero-order chi connectivity index (χ0) is 21.6. The number of nitrogens with one attached hydrogen (secondary N) is 1. The van der Waals surface area contributed by atoms with Crippen molar-refractivity contribution in [1.82, 2.24) is 4.31 Å². The van der Waals surface area contributed by atoms with E-state index in [-0.39, 0.29) is 10.8 Å². The summed E-state index contributed by atoms with van der Waals surface area (Å²) in [6, 6.07) is 13.3. The highest BCUT2D eigenvalue weighted by Gasteiger charge is 2.25. The number of sulfonamides is 1. The molecule has 0 saturated carbocycles. The molecule has 0 bridgehead atoms. The number of rotatable bonds is 7. The first-order chi connectivity index (χ1) is 14.4. The third kappa shape index (κ3) is 5.31. The van der Waals surface area contributed by atoms with Crippen LogP contribution in [0.3, 0.4) is 0 Å². The summed E-state index contributed by atoms with van der Waals surface area (Å²) in [5, 5.41) is 2.75. The van der Waals surface area contributed by atoms with Gasteiger partial charge in [0.1, 0.15) is 0 Å². The van der Waals surface area contributed by atoms with Crippen LogP contribution in [0, 0.1) is 0 Å². The van der Waals surface area contributed by atoms with E-state index in [1.165, 1.54) is 19.2 Å². The molecule has 1 aliphatic heterocycles. The predicted octanol–water partition coefficient (Wildman–Crippen LogP) is 3.67. The monoisotopic (exact) mass is 432 g/mol. The minimum atomic E-state index is -3.51. The molecule has 0 aliphatic carbocycles. The van der Waals surface area contributed by atoms with Gasteiger partial charge in [0.2, 0.25) is 10.0 Å². The van der Waals surface area contributed by atoms with Crippen LogP contribution in [0.1, 0.15) is 32.6 Å². The summed E-state index contributed by atoms with van der Waals surface area (Å²) in [5.41, 5.74) is 0.505. The summed E-state index contributed by atoms with van der Waals surface area (Å²) >= 11 is 0. The maximum absolute atomic E-state index is 12.9. The van der Waals surface area contributed by atoms with E-state index in [0.717, 1.165) is 25.7 Å². The predicted molar refractivity (Wildman–Crippen MR) is 115 cm³/mol. The molecule has 8 heteroatoms. The Balaban J connectivity index is 1.64. The van der Waals surface area contributed by atoms with Gasteiger partial charge in [0.25, 0.3) is 5.91 Å². The van der Waals surface area contributed by atoms with Gasteiger partial charge in [0, 0.05) is 18.8 Å². The number of methoxy groups -OCH3 is 1. The molecule has 3 rings (SSSR count). The molecular formula is C22H28N2O5S. The van der Waals surface area contributed by atoms with Crippen molar-refractivity contribution in [2.45, 2.75) is 43.6 Å². The van der Waals surface area contributed by atoms with Gasteiger partial charge in [0.15, 0.2) is 17.6 Å². The summed E-state index contributed by atoms with van der Waals surface area (Å²) in [4.78, 5) is 12.7. The number of amides is 1. The maximum atomic E-state index is 12.9. The number of hydrogen-bond acceptors (Lipinski definition) is 5. The average molecular weight is 433 g/mol. The Labute approximate surface area is 178 Å². The van der Waals surface area contributed by atoms with E-state index in [1.54, 1.807) is 41.6 Å². The van der Waals surface area contributed by atoms with Crippen molar-refractivity contribution in [2.75, 3.05) is 25.5 Å². The van der Waals surface area contributed by atoms with Gasteiger partial charge in [-0.15, -0.1) is 0 Å². The van der Waals surface area contributed by atoms with Gasteiger partial charge in [-0.3, -0.25) is 4.79 Å². The Kier molecular flexibility index (Phi) is 7.33. The molecule has 1 N–H and O–H groups in total. The van der Waals surface area contributed by atoms with Crippen molar-refractivity contribution in [3.05, 3.63) is 48.5 Å². The Morgan fingerprint density at radius 2 is 1.57 bits per heavy atom. The van der Waals surface area contributed by atoms with Gasteiger partial charge in [-0.1, -0.05) is 25.0 Å². The zero-order valence-corrected chi connectivity index (χ0v) is 18.2. The Bertz CT molecular complexity index is 952. The number of ether oxygens (including phenoxy) is 2. The van der Waals surface area contributed by atoms with Crippen LogP contribution in [0.4, 0.5) is 5.69 Å².